The summed E-state index contributed by atoms with van der Waals surface area (Å²) in [4.78, 5) is 3.84. The predicted molar refractivity (Wildman–Crippen MR) is 121 cm³/mol. The number of benzene rings is 3. The fourth-order valence-electron chi connectivity index (χ4n) is 3.17. The van der Waals surface area contributed by atoms with E-state index in [-0.39, 0.29) is 40.5 Å². The van der Waals surface area contributed by atoms with Crippen LogP contribution in [0.5, 0.6) is 0 Å². The van der Waals surface area contributed by atoms with Crippen LogP contribution in [0.15, 0.2) is 77.7 Å². The molecule has 0 fully saturated rings. The molecule has 31 heavy (non-hydrogen) atoms. The molecular weight excluding hydrogens is 421 g/mol. The molecule has 0 saturated carbocycles. The molecule has 0 heterocycles. The summed E-state index contributed by atoms with van der Waals surface area (Å²) in [6.45, 7) is 0. The Kier molecular flexibility index (Phi) is 8.57. The summed E-state index contributed by atoms with van der Waals surface area (Å²) < 4.78 is 33.6. The molecule has 0 atom stereocenters. The minimum Gasteiger partial charge on any atom is -0.744 e. The van der Waals surface area contributed by atoms with Crippen LogP contribution >= 0.6 is 0 Å². The zero-order valence-corrected chi connectivity index (χ0v) is 21.3. The normalized spacial score (nSPS) is 11.0. The van der Waals surface area contributed by atoms with E-state index in [1.54, 1.807) is 12.1 Å². The number of nitrogens with zero attached hydrogens (tertiary/aromatic N) is 2. The van der Waals surface area contributed by atoms with E-state index >= 15 is 0 Å². The van der Waals surface area contributed by atoms with Gasteiger partial charge in [-0.05, 0) is 59.7 Å². The minimum absolute atomic E-state index is 0. The second kappa shape index (κ2) is 10.5. The first-order chi connectivity index (χ1) is 14.1. The van der Waals surface area contributed by atoms with Crippen LogP contribution in [-0.2, 0) is 10.1 Å². The first-order valence-corrected chi connectivity index (χ1v) is 10.9. The van der Waals surface area contributed by atoms with Gasteiger partial charge in [0.25, 0.3) is 0 Å². The summed E-state index contributed by atoms with van der Waals surface area (Å²) in [6, 6.07) is 22.3. The maximum absolute atomic E-state index is 11.2. The van der Waals surface area contributed by atoms with Gasteiger partial charge in [-0.1, -0.05) is 24.3 Å². The molecule has 8 heteroatoms. The summed E-state index contributed by atoms with van der Waals surface area (Å²) >= 11 is 0. The number of nitrogens with one attached hydrogen (secondary N) is 1. The molecule has 3 aromatic rings. The molecule has 0 amide bonds. The summed E-state index contributed by atoms with van der Waals surface area (Å²) in [7, 11) is 3.52. The SMILES string of the molecule is CN(C)c1ccc(C(Nc2ccc(S(=O)(=O)[O-])cc2)c2ccc(N(C)C)cc2)cc1.[Na+]. The van der Waals surface area contributed by atoms with Crippen molar-refractivity contribution in [2.24, 2.45) is 0 Å². The van der Waals surface area contributed by atoms with Crippen LogP contribution < -0.4 is 44.7 Å². The fraction of sp³-hybridized carbons (Fsp3) is 0.217. The van der Waals surface area contributed by atoms with Gasteiger partial charge in [-0.2, -0.15) is 0 Å². The maximum atomic E-state index is 11.2. The van der Waals surface area contributed by atoms with Crippen molar-refractivity contribution in [3.05, 3.63) is 83.9 Å². The molecule has 0 aromatic heterocycles. The van der Waals surface area contributed by atoms with Gasteiger partial charge in [-0.25, -0.2) is 8.42 Å². The zero-order chi connectivity index (χ0) is 21.9. The Balaban J connectivity index is 0.00000341. The Morgan fingerprint density at radius 3 is 1.42 bits per heavy atom. The Bertz CT molecular complexity index is 1030. The van der Waals surface area contributed by atoms with E-state index in [2.05, 4.69) is 53.8 Å². The van der Waals surface area contributed by atoms with E-state index < -0.39 is 10.1 Å². The molecule has 0 spiro atoms. The Morgan fingerprint density at radius 2 is 1.10 bits per heavy atom. The first kappa shape index (κ1) is 25.2. The molecule has 0 aliphatic heterocycles. The second-order valence-electron chi connectivity index (χ2n) is 7.53. The van der Waals surface area contributed by atoms with E-state index in [1.807, 2.05) is 38.0 Å². The van der Waals surface area contributed by atoms with Gasteiger partial charge in [0, 0.05) is 45.3 Å². The van der Waals surface area contributed by atoms with Crippen molar-refractivity contribution in [1.82, 2.24) is 0 Å². The molecule has 0 unspecified atom stereocenters. The third-order valence-electron chi connectivity index (χ3n) is 4.94. The Hall–Kier alpha value is -2.03. The average Bonchev–Trinajstić information content (AvgIpc) is 2.72. The molecule has 3 aromatic carbocycles. The van der Waals surface area contributed by atoms with Crippen molar-refractivity contribution < 1.29 is 42.5 Å². The quantitative estimate of drug-likeness (QED) is 0.429. The van der Waals surface area contributed by atoms with Crippen LogP contribution in [0.3, 0.4) is 0 Å². The van der Waals surface area contributed by atoms with E-state index in [1.165, 1.54) is 12.1 Å². The van der Waals surface area contributed by atoms with E-state index in [0.29, 0.717) is 0 Å². The summed E-state index contributed by atoms with van der Waals surface area (Å²) in [5, 5.41) is 3.46. The number of anilines is 3. The van der Waals surface area contributed by atoms with Crippen molar-refractivity contribution >= 4 is 27.2 Å². The van der Waals surface area contributed by atoms with Gasteiger partial charge < -0.3 is 19.7 Å². The van der Waals surface area contributed by atoms with Crippen molar-refractivity contribution in [1.29, 1.82) is 0 Å². The molecule has 0 bridgehead atoms. The van der Waals surface area contributed by atoms with Gasteiger partial charge in [0.05, 0.1) is 10.9 Å². The number of rotatable bonds is 7. The molecule has 1 N–H and O–H groups in total. The van der Waals surface area contributed by atoms with Gasteiger partial charge in [-0.15, -0.1) is 0 Å². The maximum Gasteiger partial charge on any atom is 1.00 e. The second-order valence-corrected chi connectivity index (χ2v) is 8.91. The van der Waals surface area contributed by atoms with Crippen molar-refractivity contribution in [2.45, 2.75) is 10.9 Å². The van der Waals surface area contributed by atoms with Crippen molar-refractivity contribution in [2.75, 3.05) is 43.3 Å². The molecule has 3 rings (SSSR count). The van der Waals surface area contributed by atoms with Crippen LogP contribution in [-0.4, -0.2) is 41.2 Å². The van der Waals surface area contributed by atoms with E-state index in [0.717, 1.165) is 28.2 Å². The average molecular weight is 448 g/mol. The minimum atomic E-state index is -4.47. The summed E-state index contributed by atoms with van der Waals surface area (Å²) in [6.07, 6.45) is 0. The molecule has 0 saturated heterocycles. The Labute approximate surface area is 206 Å². The third kappa shape index (κ3) is 6.48. The van der Waals surface area contributed by atoms with Crippen LogP contribution in [0.25, 0.3) is 0 Å². The fourth-order valence-corrected chi connectivity index (χ4v) is 3.64. The van der Waals surface area contributed by atoms with Crippen molar-refractivity contribution in [3.63, 3.8) is 0 Å². The topological polar surface area (TPSA) is 75.7 Å². The third-order valence-corrected chi connectivity index (χ3v) is 5.79. The van der Waals surface area contributed by atoms with Gasteiger partial charge in [0.1, 0.15) is 10.1 Å². The zero-order valence-electron chi connectivity index (χ0n) is 18.5. The van der Waals surface area contributed by atoms with Gasteiger partial charge >= 0.3 is 29.6 Å². The van der Waals surface area contributed by atoms with Crippen LogP contribution in [0.4, 0.5) is 17.1 Å². The van der Waals surface area contributed by atoms with Crippen LogP contribution in [0.1, 0.15) is 17.2 Å². The largest absolute Gasteiger partial charge is 1.00 e. The van der Waals surface area contributed by atoms with Gasteiger partial charge in [0.15, 0.2) is 0 Å². The smallest absolute Gasteiger partial charge is 0.744 e. The molecule has 0 radical (unpaired) electrons. The molecule has 6 nitrogen and oxygen atoms in total. The molecule has 158 valence electrons. The standard InChI is InChI=1S/C23H27N3O3S.Na/c1-25(2)20-11-5-17(6-12-20)23(18-7-13-21(14-8-18)26(3)4)24-19-9-15-22(16-10-19)30(27,28)29;/h5-16,23-24H,1-4H3,(H,27,28,29);/q;+1/p-1. The molecule has 0 aliphatic rings. The van der Waals surface area contributed by atoms with Gasteiger partial charge in [-0.3, -0.25) is 0 Å². The predicted octanol–water partition coefficient (Wildman–Crippen LogP) is 0.928. The van der Waals surface area contributed by atoms with Gasteiger partial charge in [0.2, 0.25) is 0 Å². The van der Waals surface area contributed by atoms with Crippen molar-refractivity contribution in [3.8, 4) is 0 Å². The Morgan fingerprint density at radius 1 is 0.710 bits per heavy atom. The summed E-state index contributed by atoms with van der Waals surface area (Å²) in [5.41, 5.74) is 5.06. The monoisotopic (exact) mass is 447 g/mol. The number of hydrogen-bond donors (Lipinski definition) is 1. The van der Waals surface area contributed by atoms with E-state index in [9.17, 15) is 13.0 Å². The van der Waals surface area contributed by atoms with Crippen LogP contribution in [0, 0.1) is 0 Å². The number of hydrogen-bond acceptors (Lipinski definition) is 6. The molecular formula is C23H26N3NaO3S. The molecule has 0 aliphatic carbocycles. The first-order valence-electron chi connectivity index (χ1n) is 9.52. The van der Waals surface area contributed by atoms with Crippen LogP contribution in [0.2, 0.25) is 0 Å². The summed E-state index contributed by atoms with van der Waals surface area (Å²) in [5.74, 6) is 0. The van der Waals surface area contributed by atoms with E-state index in [4.69, 9.17) is 0 Å².